The van der Waals surface area contributed by atoms with Crippen LogP contribution in [0.1, 0.15) is 30.1 Å². The fourth-order valence-corrected chi connectivity index (χ4v) is 3.13. The maximum Gasteiger partial charge on any atom is 0.338 e. The second-order valence-electron chi connectivity index (χ2n) is 6.26. The van der Waals surface area contributed by atoms with Gasteiger partial charge in [-0.25, -0.2) is 4.79 Å². The Morgan fingerprint density at radius 3 is 2.63 bits per heavy atom. The highest BCUT2D eigenvalue weighted by molar-refractivity contribution is 9.10. The number of aromatic nitrogens is 1. The van der Waals surface area contributed by atoms with Gasteiger partial charge in [0.25, 0.3) is 0 Å². The SMILES string of the molecule is CCCCOC(=O)c1ccc(NC(=O)Cn2ccc3cc(Br)ccc32)cc1. The molecule has 0 saturated heterocycles. The summed E-state index contributed by atoms with van der Waals surface area (Å²) in [7, 11) is 0. The number of unbranched alkanes of at least 4 members (excludes halogenated alkanes) is 1. The van der Waals surface area contributed by atoms with Gasteiger partial charge in [-0.3, -0.25) is 4.79 Å². The van der Waals surface area contributed by atoms with Gasteiger partial charge in [-0.05, 0) is 55.0 Å². The lowest BCUT2D eigenvalue weighted by atomic mass is 10.2. The second kappa shape index (κ2) is 8.86. The lowest BCUT2D eigenvalue weighted by Crippen LogP contribution is -2.18. The Morgan fingerprint density at radius 2 is 1.89 bits per heavy atom. The number of rotatable bonds is 7. The first-order valence-electron chi connectivity index (χ1n) is 8.88. The van der Waals surface area contributed by atoms with Gasteiger partial charge in [0.2, 0.25) is 5.91 Å². The third kappa shape index (κ3) is 4.98. The molecule has 0 spiro atoms. The van der Waals surface area contributed by atoms with Crippen molar-refractivity contribution in [2.24, 2.45) is 0 Å². The van der Waals surface area contributed by atoms with Crippen LogP contribution in [0, 0.1) is 0 Å². The monoisotopic (exact) mass is 428 g/mol. The van der Waals surface area contributed by atoms with Crippen molar-refractivity contribution >= 4 is 44.4 Å². The maximum absolute atomic E-state index is 12.4. The van der Waals surface area contributed by atoms with E-state index in [1.54, 1.807) is 24.3 Å². The molecular formula is C21H21BrN2O3. The van der Waals surface area contributed by atoms with E-state index in [0.717, 1.165) is 28.2 Å². The number of fused-ring (bicyclic) bond motifs is 1. The van der Waals surface area contributed by atoms with E-state index in [-0.39, 0.29) is 18.4 Å². The van der Waals surface area contributed by atoms with Crippen molar-refractivity contribution in [3.05, 3.63) is 64.8 Å². The maximum atomic E-state index is 12.4. The highest BCUT2D eigenvalue weighted by atomic mass is 79.9. The van der Waals surface area contributed by atoms with Crippen molar-refractivity contribution in [3.63, 3.8) is 0 Å². The van der Waals surface area contributed by atoms with Crippen LogP contribution in [0.15, 0.2) is 59.2 Å². The predicted molar refractivity (Wildman–Crippen MR) is 110 cm³/mol. The largest absolute Gasteiger partial charge is 0.462 e. The van der Waals surface area contributed by atoms with Gasteiger partial charge in [-0.2, -0.15) is 0 Å². The number of carbonyl (C=O) groups excluding carboxylic acids is 2. The molecule has 1 amide bonds. The van der Waals surface area contributed by atoms with Crippen molar-refractivity contribution in [2.75, 3.05) is 11.9 Å². The molecule has 6 heteroatoms. The van der Waals surface area contributed by atoms with Crippen molar-refractivity contribution in [3.8, 4) is 0 Å². The van der Waals surface area contributed by atoms with Gasteiger partial charge in [0.15, 0.2) is 0 Å². The van der Waals surface area contributed by atoms with Gasteiger partial charge in [0.1, 0.15) is 6.54 Å². The van der Waals surface area contributed by atoms with Crippen LogP contribution in [0.4, 0.5) is 5.69 Å². The average Bonchev–Trinajstić information content (AvgIpc) is 3.04. The molecule has 0 saturated carbocycles. The molecule has 0 radical (unpaired) electrons. The summed E-state index contributed by atoms with van der Waals surface area (Å²) in [5.74, 6) is -0.472. The molecule has 27 heavy (non-hydrogen) atoms. The number of amides is 1. The summed E-state index contributed by atoms with van der Waals surface area (Å²) in [5, 5.41) is 3.93. The molecule has 140 valence electrons. The number of anilines is 1. The lowest BCUT2D eigenvalue weighted by Gasteiger charge is -2.09. The smallest absolute Gasteiger partial charge is 0.338 e. The molecule has 0 atom stereocenters. The minimum Gasteiger partial charge on any atom is -0.462 e. The number of nitrogens with zero attached hydrogens (tertiary/aromatic N) is 1. The van der Waals surface area contributed by atoms with Gasteiger partial charge in [0.05, 0.1) is 12.2 Å². The molecule has 3 rings (SSSR count). The molecule has 1 N–H and O–H groups in total. The lowest BCUT2D eigenvalue weighted by molar-refractivity contribution is -0.116. The van der Waals surface area contributed by atoms with E-state index < -0.39 is 0 Å². The van der Waals surface area contributed by atoms with E-state index in [4.69, 9.17) is 4.74 Å². The number of hydrogen-bond donors (Lipinski definition) is 1. The van der Waals surface area contributed by atoms with Crippen LogP contribution >= 0.6 is 15.9 Å². The molecule has 3 aromatic rings. The quantitative estimate of drug-likeness (QED) is 0.425. The molecule has 1 aromatic heterocycles. The third-order valence-electron chi connectivity index (χ3n) is 4.18. The van der Waals surface area contributed by atoms with E-state index in [1.807, 2.05) is 42.0 Å². The van der Waals surface area contributed by atoms with Crippen LogP contribution < -0.4 is 5.32 Å². The zero-order valence-corrected chi connectivity index (χ0v) is 16.7. The summed E-state index contributed by atoms with van der Waals surface area (Å²) in [4.78, 5) is 24.2. The van der Waals surface area contributed by atoms with Crippen molar-refractivity contribution in [1.82, 2.24) is 4.57 Å². The first kappa shape index (κ1) is 19.2. The topological polar surface area (TPSA) is 60.3 Å². The van der Waals surface area contributed by atoms with Crippen LogP contribution in [-0.4, -0.2) is 23.1 Å². The average molecular weight is 429 g/mol. The summed E-state index contributed by atoms with van der Waals surface area (Å²) >= 11 is 3.45. The van der Waals surface area contributed by atoms with Crippen LogP contribution in [-0.2, 0) is 16.1 Å². The van der Waals surface area contributed by atoms with Crippen LogP contribution in [0.25, 0.3) is 10.9 Å². The number of hydrogen-bond acceptors (Lipinski definition) is 3. The van der Waals surface area contributed by atoms with E-state index in [2.05, 4.69) is 21.2 Å². The summed E-state index contributed by atoms with van der Waals surface area (Å²) < 4.78 is 8.08. The molecule has 0 aliphatic rings. The number of esters is 1. The number of ether oxygens (including phenoxy) is 1. The molecule has 5 nitrogen and oxygen atoms in total. The van der Waals surface area contributed by atoms with E-state index in [1.165, 1.54) is 0 Å². The standard InChI is InChI=1S/C21H21BrN2O3/c1-2-3-12-27-21(26)15-4-7-18(8-5-15)23-20(25)14-24-11-10-16-13-17(22)6-9-19(16)24/h4-11,13H,2-3,12,14H2,1H3,(H,23,25). The Labute approximate surface area is 166 Å². The van der Waals surface area contributed by atoms with Gasteiger partial charge >= 0.3 is 5.97 Å². The minimum atomic E-state index is -0.341. The molecule has 0 aliphatic carbocycles. The zero-order chi connectivity index (χ0) is 19.2. The third-order valence-corrected chi connectivity index (χ3v) is 4.68. The highest BCUT2D eigenvalue weighted by Gasteiger charge is 2.09. The predicted octanol–water partition coefficient (Wildman–Crippen LogP) is 5.00. The highest BCUT2D eigenvalue weighted by Crippen LogP contribution is 2.21. The summed E-state index contributed by atoms with van der Waals surface area (Å²) in [6, 6.07) is 14.7. The normalized spacial score (nSPS) is 10.7. The van der Waals surface area contributed by atoms with E-state index in [9.17, 15) is 9.59 Å². The molecule has 0 aliphatic heterocycles. The molecule has 1 heterocycles. The Morgan fingerprint density at radius 1 is 1.11 bits per heavy atom. The van der Waals surface area contributed by atoms with Crippen LogP contribution in [0.2, 0.25) is 0 Å². The Bertz CT molecular complexity index is 948. The molecule has 0 unspecified atom stereocenters. The number of benzene rings is 2. The van der Waals surface area contributed by atoms with Crippen LogP contribution in [0.5, 0.6) is 0 Å². The molecular weight excluding hydrogens is 408 g/mol. The molecule has 0 bridgehead atoms. The summed E-state index contributed by atoms with van der Waals surface area (Å²) in [6.45, 7) is 2.68. The summed E-state index contributed by atoms with van der Waals surface area (Å²) in [5.41, 5.74) is 2.12. The Hall–Kier alpha value is -2.60. The van der Waals surface area contributed by atoms with E-state index in [0.29, 0.717) is 17.9 Å². The number of halogens is 1. The second-order valence-corrected chi connectivity index (χ2v) is 7.18. The molecule has 0 fully saturated rings. The fourth-order valence-electron chi connectivity index (χ4n) is 2.75. The fraction of sp³-hybridized carbons (Fsp3) is 0.238. The molecule has 2 aromatic carbocycles. The first-order valence-corrected chi connectivity index (χ1v) is 9.67. The van der Waals surface area contributed by atoms with Crippen molar-refractivity contribution in [1.29, 1.82) is 0 Å². The number of carbonyl (C=O) groups is 2. The van der Waals surface area contributed by atoms with Gasteiger partial charge < -0.3 is 14.6 Å². The van der Waals surface area contributed by atoms with E-state index >= 15 is 0 Å². The number of nitrogens with one attached hydrogen (secondary N) is 1. The summed E-state index contributed by atoms with van der Waals surface area (Å²) in [6.07, 6.45) is 3.73. The van der Waals surface area contributed by atoms with Gasteiger partial charge in [-0.15, -0.1) is 0 Å². The Balaban J connectivity index is 1.59. The Kier molecular flexibility index (Phi) is 6.29. The minimum absolute atomic E-state index is 0.131. The van der Waals surface area contributed by atoms with Gasteiger partial charge in [-0.1, -0.05) is 29.3 Å². The van der Waals surface area contributed by atoms with Crippen molar-refractivity contribution < 1.29 is 14.3 Å². The van der Waals surface area contributed by atoms with Crippen LogP contribution in [0.3, 0.4) is 0 Å². The zero-order valence-electron chi connectivity index (χ0n) is 15.1. The van der Waals surface area contributed by atoms with Gasteiger partial charge in [0, 0.05) is 27.3 Å². The van der Waals surface area contributed by atoms with Crippen molar-refractivity contribution in [2.45, 2.75) is 26.3 Å². The first-order chi connectivity index (χ1) is 13.1.